The molecule has 0 aromatic heterocycles. The van der Waals surface area contributed by atoms with Gasteiger partial charge in [0, 0.05) is 43.7 Å². The van der Waals surface area contributed by atoms with Gasteiger partial charge < -0.3 is 13.7 Å². The van der Waals surface area contributed by atoms with Gasteiger partial charge in [-0.15, -0.1) is 0 Å². The Morgan fingerprint density at radius 1 is 1.00 bits per heavy atom. The molecule has 0 N–H and O–H groups in total. The molecule has 38 heavy (non-hydrogen) atoms. The summed E-state index contributed by atoms with van der Waals surface area (Å²) in [4.78, 5) is 15.1. The molecule has 2 aromatic rings. The van der Waals surface area contributed by atoms with Gasteiger partial charge in [0.25, 0.3) is 8.32 Å². The molecule has 2 aromatic carbocycles. The Labute approximate surface area is 248 Å². The van der Waals surface area contributed by atoms with Crippen molar-refractivity contribution in [2.24, 2.45) is 0 Å². The average Bonchev–Trinajstić information content (AvgIpc) is 3.28. The molecule has 3 atom stereocenters. The SMILES string of the molecule is CC(OP)C1(CCCO[Si](c2ccccc2)(c2ccccc2)C(C)(C)C)CCCN1C(=O)OC(C)(C)C.[W]. The number of carbonyl (C=O) groups excluding carboxylic acids is 1. The first-order chi connectivity index (χ1) is 17.4. The van der Waals surface area contributed by atoms with E-state index in [0.717, 1.165) is 25.7 Å². The van der Waals surface area contributed by atoms with Gasteiger partial charge in [0.2, 0.25) is 0 Å². The minimum atomic E-state index is -2.60. The van der Waals surface area contributed by atoms with Gasteiger partial charge in [0.15, 0.2) is 0 Å². The molecule has 8 heteroatoms. The summed E-state index contributed by atoms with van der Waals surface area (Å²) >= 11 is 0. The molecule has 0 saturated carbocycles. The molecule has 1 saturated heterocycles. The zero-order chi connectivity index (χ0) is 27.3. The zero-order valence-corrected chi connectivity index (χ0v) is 29.2. The summed E-state index contributed by atoms with van der Waals surface area (Å²) < 4.78 is 18.7. The molecule has 3 unspecified atom stereocenters. The molecule has 1 heterocycles. The summed E-state index contributed by atoms with van der Waals surface area (Å²) in [6, 6.07) is 21.5. The third kappa shape index (κ3) is 7.18. The molecule has 5 nitrogen and oxygen atoms in total. The van der Waals surface area contributed by atoms with Crippen LogP contribution in [-0.4, -0.2) is 49.7 Å². The molecule has 0 spiro atoms. The molecular weight excluding hydrogens is 681 g/mol. The summed E-state index contributed by atoms with van der Waals surface area (Å²) in [7, 11) is -0.202. The van der Waals surface area contributed by atoms with Crippen LogP contribution in [0.2, 0.25) is 5.04 Å². The number of ether oxygens (including phenoxy) is 1. The van der Waals surface area contributed by atoms with Crippen molar-refractivity contribution in [3.8, 4) is 0 Å². The third-order valence-corrected chi connectivity index (χ3v) is 13.0. The second-order valence-electron chi connectivity index (χ2n) is 12.2. The number of carbonyl (C=O) groups is 1. The van der Waals surface area contributed by atoms with Gasteiger partial charge in [0.05, 0.1) is 11.6 Å². The maximum Gasteiger partial charge on any atom is 0.410 e. The smallest absolute Gasteiger partial charge is 0.410 e. The number of benzene rings is 2. The predicted molar refractivity (Wildman–Crippen MR) is 158 cm³/mol. The van der Waals surface area contributed by atoms with Crippen LogP contribution >= 0.6 is 9.47 Å². The van der Waals surface area contributed by atoms with Crippen LogP contribution in [0.15, 0.2) is 60.7 Å². The van der Waals surface area contributed by atoms with E-state index in [1.165, 1.54) is 10.4 Å². The molecule has 1 amide bonds. The Balaban J connectivity index is 0.00000507. The zero-order valence-electron chi connectivity index (χ0n) is 24.2. The first kappa shape index (κ1) is 33.2. The van der Waals surface area contributed by atoms with E-state index in [-0.39, 0.29) is 38.3 Å². The van der Waals surface area contributed by atoms with E-state index in [1.54, 1.807) is 0 Å². The Bertz CT molecular complexity index is 973. The minimum absolute atomic E-state index is 0. The first-order valence-electron chi connectivity index (χ1n) is 13.5. The third-order valence-electron chi connectivity index (χ3n) is 7.59. The number of likely N-dealkylation sites (tertiary alicyclic amines) is 1. The normalized spacial score (nSPS) is 19.1. The minimum Gasteiger partial charge on any atom is -0.444 e. The summed E-state index contributed by atoms with van der Waals surface area (Å²) in [6.45, 7) is 16.0. The maximum atomic E-state index is 13.2. The van der Waals surface area contributed by atoms with Crippen molar-refractivity contribution in [1.82, 2.24) is 4.90 Å². The first-order valence-corrected chi connectivity index (χ1v) is 15.9. The van der Waals surface area contributed by atoms with Crippen molar-refractivity contribution in [2.75, 3.05) is 13.2 Å². The number of hydrogen-bond acceptors (Lipinski definition) is 4. The molecule has 1 aliphatic rings. The van der Waals surface area contributed by atoms with Gasteiger partial charge in [-0.3, -0.25) is 4.90 Å². The van der Waals surface area contributed by atoms with E-state index >= 15 is 0 Å². The topological polar surface area (TPSA) is 48.0 Å². The van der Waals surface area contributed by atoms with E-state index in [0.29, 0.717) is 13.2 Å². The maximum absolute atomic E-state index is 13.2. The van der Waals surface area contributed by atoms with Crippen molar-refractivity contribution >= 4 is 34.3 Å². The second kappa shape index (κ2) is 13.5. The molecule has 210 valence electrons. The van der Waals surface area contributed by atoms with E-state index < -0.39 is 19.5 Å². The quantitative estimate of drug-likeness (QED) is 0.173. The van der Waals surface area contributed by atoms with Crippen molar-refractivity contribution in [1.29, 1.82) is 0 Å². The number of hydrogen-bond donors (Lipinski definition) is 0. The van der Waals surface area contributed by atoms with Crippen LogP contribution < -0.4 is 10.4 Å². The summed E-state index contributed by atoms with van der Waals surface area (Å²) in [6.07, 6.45) is 3.04. The molecule has 1 aliphatic heterocycles. The van der Waals surface area contributed by atoms with Crippen LogP contribution in [-0.2, 0) is 34.8 Å². The Kier molecular flexibility index (Phi) is 11.8. The van der Waals surface area contributed by atoms with Gasteiger partial charge in [-0.05, 0) is 68.8 Å². The molecule has 0 aliphatic carbocycles. The van der Waals surface area contributed by atoms with E-state index in [4.69, 9.17) is 13.7 Å². The van der Waals surface area contributed by atoms with Gasteiger partial charge >= 0.3 is 6.09 Å². The van der Waals surface area contributed by atoms with Crippen LogP contribution in [0.3, 0.4) is 0 Å². The molecule has 1 fully saturated rings. The molecular formula is C30H46NO4PSiW. The monoisotopic (exact) mass is 727 g/mol. The Morgan fingerprint density at radius 2 is 1.53 bits per heavy atom. The number of nitrogens with zero attached hydrogens (tertiary/aromatic N) is 1. The fourth-order valence-electron chi connectivity index (χ4n) is 5.87. The second-order valence-corrected chi connectivity index (χ2v) is 16.8. The standard InChI is InChI=1S/C30H46NO4PSi.W/c1-24(35-36)30(20-14-22-31(30)27(32)34-28(2,3)4)21-15-23-33-37(29(5,6)7,25-16-10-8-11-17-25)26-18-12-9-13-19-26;/h8-13,16-19,24H,14-15,20-23,36H2,1-7H3;. The largest absolute Gasteiger partial charge is 0.444 e. The number of rotatable bonds is 9. The van der Waals surface area contributed by atoms with Gasteiger partial charge in [-0.2, -0.15) is 0 Å². The van der Waals surface area contributed by atoms with Gasteiger partial charge in [-0.25, -0.2) is 4.79 Å². The van der Waals surface area contributed by atoms with Crippen LogP contribution in [0.1, 0.15) is 74.1 Å². The summed E-state index contributed by atoms with van der Waals surface area (Å²) in [5.74, 6) is 0. The fourth-order valence-corrected chi connectivity index (χ4v) is 10.7. The summed E-state index contributed by atoms with van der Waals surface area (Å²) in [5, 5.41) is 2.49. The predicted octanol–water partition coefficient (Wildman–Crippen LogP) is 6.31. The van der Waals surface area contributed by atoms with Crippen molar-refractivity contribution in [3.63, 3.8) is 0 Å². The van der Waals surface area contributed by atoms with Crippen molar-refractivity contribution in [2.45, 2.75) is 96.4 Å². The Morgan fingerprint density at radius 3 is 1.97 bits per heavy atom. The number of amides is 1. The van der Waals surface area contributed by atoms with Crippen LogP contribution in [0.4, 0.5) is 4.79 Å². The molecule has 3 rings (SSSR count). The van der Waals surface area contributed by atoms with E-state index in [2.05, 4.69) is 97.8 Å². The fraction of sp³-hybridized carbons (Fsp3) is 0.567. The van der Waals surface area contributed by atoms with Gasteiger partial charge in [-0.1, -0.05) is 81.4 Å². The van der Waals surface area contributed by atoms with Crippen molar-refractivity contribution < 1.29 is 39.5 Å². The van der Waals surface area contributed by atoms with Crippen LogP contribution in [0.25, 0.3) is 0 Å². The molecule has 0 bridgehead atoms. The van der Waals surface area contributed by atoms with Crippen LogP contribution in [0.5, 0.6) is 0 Å². The van der Waals surface area contributed by atoms with E-state index in [9.17, 15) is 4.79 Å². The Hall–Kier alpha value is -1.03. The van der Waals surface area contributed by atoms with Crippen LogP contribution in [0, 0.1) is 0 Å². The van der Waals surface area contributed by atoms with E-state index in [1.807, 2.05) is 25.7 Å². The van der Waals surface area contributed by atoms with Gasteiger partial charge in [0.1, 0.15) is 5.60 Å². The molecule has 0 radical (unpaired) electrons. The average molecular weight is 728 g/mol. The van der Waals surface area contributed by atoms with Crippen molar-refractivity contribution in [3.05, 3.63) is 60.7 Å². The summed E-state index contributed by atoms with van der Waals surface area (Å²) in [5.41, 5.74) is -0.957.